The van der Waals surface area contributed by atoms with E-state index in [-0.39, 0.29) is 17.3 Å². The highest BCUT2D eigenvalue weighted by molar-refractivity contribution is 5.94. The number of amides is 1. The summed E-state index contributed by atoms with van der Waals surface area (Å²) in [5.41, 5.74) is 4.22. The number of carbonyl (C=O) groups excluding carboxylic acids is 1. The first kappa shape index (κ1) is 19.7. The van der Waals surface area contributed by atoms with Crippen LogP contribution in [0.15, 0.2) is 65.6 Å². The molecule has 3 heterocycles. The van der Waals surface area contributed by atoms with Gasteiger partial charge in [-0.05, 0) is 65.9 Å². The number of hydrogen-bond donors (Lipinski definition) is 0. The van der Waals surface area contributed by atoms with E-state index in [0.29, 0.717) is 36.7 Å². The molecule has 158 valence electrons. The third-order valence-corrected chi connectivity index (χ3v) is 6.20. The SMILES string of the molecule is O=C(c1ccc(C2CCOC2)cc1)N1CCc2cc(=O)n(-c3ccc(F)cc3)cc2C1. The second kappa shape index (κ2) is 8.12. The maximum Gasteiger partial charge on any atom is 0.255 e. The highest BCUT2D eigenvalue weighted by Crippen LogP contribution is 2.26. The second-order valence-electron chi connectivity index (χ2n) is 8.17. The number of benzene rings is 2. The van der Waals surface area contributed by atoms with Gasteiger partial charge in [0.05, 0.1) is 6.61 Å². The van der Waals surface area contributed by atoms with Gasteiger partial charge in [0.1, 0.15) is 5.82 Å². The molecule has 5 rings (SSSR count). The van der Waals surface area contributed by atoms with E-state index in [1.807, 2.05) is 29.2 Å². The van der Waals surface area contributed by atoms with Gasteiger partial charge in [0.2, 0.25) is 0 Å². The molecule has 0 bridgehead atoms. The number of nitrogens with zero attached hydrogens (tertiary/aromatic N) is 2. The predicted octanol–water partition coefficient (Wildman–Crippen LogP) is 3.68. The largest absolute Gasteiger partial charge is 0.381 e. The van der Waals surface area contributed by atoms with E-state index in [1.165, 1.54) is 22.3 Å². The first-order chi connectivity index (χ1) is 15.1. The van der Waals surface area contributed by atoms with E-state index >= 15 is 0 Å². The van der Waals surface area contributed by atoms with Crippen LogP contribution in [0.5, 0.6) is 0 Å². The van der Waals surface area contributed by atoms with Crippen molar-refractivity contribution in [2.24, 2.45) is 0 Å². The van der Waals surface area contributed by atoms with E-state index in [0.717, 1.165) is 30.8 Å². The average Bonchev–Trinajstić information content (AvgIpc) is 3.34. The van der Waals surface area contributed by atoms with Gasteiger partial charge in [-0.1, -0.05) is 12.1 Å². The molecule has 2 aromatic carbocycles. The Balaban J connectivity index is 1.37. The summed E-state index contributed by atoms with van der Waals surface area (Å²) in [5, 5.41) is 0. The minimum Gasteiger partial charge on any atom is -0.381 e. The smallest absolute Gasteiger partial charge is 0.255 e. The minimum absolute atomic E-state index is 0.0144. The van der Waals surface area contributed by atoms with Crippen molar-refractivity contribution in [2.45, 2.75) is 25.3 Å². The summed E-state index contributed by atoms with van der Waals surface area (Å²) in [6, 6.07) is 15.3. The fourth-order valence-corrected chi connectivity index (χ4v) is 4.38. The summed E-state index contributed by atoms with van der Waals surface area (Å²) in [6.45, 7) is 2.55. The molecular formula is C25H23FN2O3. The summed E-state index contributed by atoms with van der Waals surface area (Å²) in [5.74, 6) is 0.0478. The van der Waals surface area contributed by atoms with Gasteiger partial charge in [-0.15, -0.1) is 0 Å². The van der Waals surface area contributed by atoms with Gasteiger partial charge < -0.3 is 9.64 Å². The van der Waals surface area contributed by atoms with Crippen molar-refractivity contribution in [3.63, 3.8) is 0 Å². The lowest BCUT2D eigenvalue weighted by Crippen LogP contribution is -2.37. The summed E-state index contributed by atoms with van der Waals surface area (Å²) >= 11 is 0. The molecule has 1 aromatic heterocycles. The number of hydrogen-bond acceptors (Lipinski definition) is 3. The van der Waals surface area contributed by atoms with Crippen LogP contribution in [0.4, 0.5) is 4.39 Å². The Bertz CT molecular complexity index is 1160. The van der Waals surface area contributed by atoms with Crippen LogP contribution in [0.3, 0.4) is 0 Å². The minimum atomic E-state index is -0.349. The third kappa shape index (κ3) is 3.91. The topological polar surface area (TPSA) is 51.5 Å². The molecule has 0 aliphatic carbocycles. The van der Waals surface area contributed by atoms with Crippen molar-refractivity contribution in [2.75, 3.05) is 19.8 Å². The summed E-state index contributed by atoms with van der Waals surface area (Å²) in [4.78, 5) is 27.4. The van der Waals surface area contributed by atoms with Crippen molar-refractivity contribution in [3.05, 3.63) is 99.2 Å². The van der Waals surface area contributed by atoms with Crippen LogP contribution in [0.2, 0.25) is 0 Å². The van der Waals surface area contributed by atoms with Crippen LogP contribution in [-0.2, 0) is 17.7 Å². The van der Waals surface area contributed by atoms with Gasteiger partial charge in [0.15, 0.2) is 0 Å². The lowest BCUT2D eigenvalue weighted by molar-refractivity contribution is 0.0734. The molecule has 6 heteroatoms. The first-order valence-electron chi connectivity index (χ1n) is 10.6. The van der Waals surface area contributed by atoms with E-state index < -0.39 is 0 Å². The zero-order valence-electron chi connectivity index (χ0n) is 17.1. The fourth-order valence-electron chi connectivity index (χ4n) is 4.38. The molecule has 1 atom stereocenters. The fraction of sp³-hybridized carbons (Fsp3) is 0.280. The molecule has 2 aliphatic rings. The number of aromatic nitrogens is 1. The second-order valence-corrected chi connectivity index (χ2v) is 8.17. The lowest BCUT2D eigenvalue weighted by Gasteiger charge is -2.29. The molecule has 1 fully saturated rings. The molecule has 1 saturated heterocycles. The number of carbonyl (C=O) groups is 1. The number of ether oxygens (including phenoxy) is 1. The van der Waals surface area contributed by atoms with Gasteiger partial charge >= 0.3 is 0 Å². The highest BCUT2D eigenvalue weighted by atomic mass is 19.1. The van der Waals surface area contributed by atoms with Gasteiger partial charge in [0.25, 0.3) is 11.5 Å². The van der Waals surface area contributed by atoms with Crippen LogP contribution in [0.1, 0.15) is 39.4 Å². The number of halogens is 1. The van der Waals surface area contributed by atoms with Crippen LogP contribution < -0.4 is 5.56 Å². The standard InChI is InChI=1S/C25H23FN2O3/c26-22-5-7-23(8-6-22)28-15-21-14-27(11-9-19(21)13-24(28)29)25(30)18-3-1-17(2-4-18)20-10-12-31-16-20/h1-8,13,15,20H,9-12,14,16H2. The van der Waals surface area contributed by atoms with Gasteiger partial charge in [0, 0.05) is 49.1 Å². The normalized spacial score (nSPS) is 18.1. The molecule has 31 heavy (non-hydrogen) atoms. The monoisotopic (exact) mass is 418 g/mol. The number of fused-ring (bicyclic) bond motifs is 1. The molecule has 0 N–H and O–H groups in total. The van der Waals surface area contributed by atoms with Crippen molar-refractivity contribution >= 4 is 5.91 Å². The molecule has 1 amide bonds. The maximum atomic E-state index is 13.3. The number of pyridine rings is 1. The number of rotatable bonds is 3. The van der Waals surface area contributed by atoms with Crippen LogP contribution in [0.25, 0.3) is 5.69 Å². The molecular weight excluding hydrogens is 395 g/mol. The quantitative estimate of drug-likeness (QED) is 0.652. The molecule has 0 radical (unpaired) electrons. The van der Waals surface area contributed by atoms with Crippen LogP contribution in [-0.4, -0.2) is 35.1 Å². The molecule has 3 aromatic rings. The predicted molar refractivity (Wildman–Crippen MR) is 115 cm³/mol. The Morgan fingerprint density at radius 2 is 1.81 bits per heavy atom. The Hall–Kier alpha value is -3.25. The van der Waals surface area contributed by atoms with Gasteiger partial charge in [-0.3, -0.25) is 14.2 Å². The van der Waals surface area contributed by atoms with Crippen LogP contribution in [0, 0.1) is 5.82 Å². The van der Waals surface area contributed by atoms with E-state index in [9.17, 15) is 14.0 Å². The van der Waals surface area contributed by atoms with Crippen LogP contribution >= 0.6 is 0 Å². The zero-order valence-corrected chi connectivity index (χ0v) is 17.1. The van der Waals surface area contributed by atoms with Gasteiger partial charge in [-0.2, -0.15) is 0 Å². The van der Waals surface area contributed by atoms with E-state index in [1.54, 1.807) is 24.4 Å². The molecule has 0 spiro atoms. The molecule has 5 nitrogen and oxygen atoms in total. The summed E-state index contributed by atoms with van der Waals surface area (Å²) < 4.78 is 20.2. The Kier molecular flexibility index (Phi) is 5.16. The lowest BCUT2D eigenvalue weighted by atomic mass is 9.96. The van der Waals surface area contributed by atoms with Gasteiger partial charge in [-0.25, -0.2) is 4.39 Å². The first-order valence-corrected chi connectivity index (χ1v) is 10.6. The van der Waals surface area contributed by atoms with Crippen molar-refractivity contribution in [1.29, 1.82) is 0 Å². The highest BCUT2D eigenvalue weighted by Gasteiger charge is 2.24. The summed E-state index contributed by atoms with van der Waals surface area (Å²) in [7, 11) is 0. The Morgan fingerprint density at radius 1 is 1.03 bits per heavy atom. The summed E-state index contributed by atoms with van der Waals surface area (Å²) in [6.07, 6.45) is 3.43. The average molecular weight is 418 g/mol. The molecule has 0 saturated carbocycles. The van der Waals surface area contributed by atoms with Crippen molar-refractivity contribution in [3.8, 4) is 5.69 Å². The third-order valence-electron chi connectivity index (χ3n) is 6.20. The molecule has 1 unspecified atom stereocenters. The Labute approximate surface area is 179 Å². The maximum absolute atomic E-state index is 13.3. The molecule has 2 aliphatic heterocycles. The van der Waals surface area contributed by atoms with Crippen molar-refractivity contribution < 1.29 is 13.9 Å². The van der Waals surface area contributed by atoms with E-state index in [2.05, 4.69) is 0 Å². The zero-order chi connectivity index (χ0) is 21.4. The Morgan fingerprint density at radius 3 is 2.52 bits per heavy atom. The van der Waals surface area contributed by atoms with E-state index in [4.69, 9.17) is 4.74 Å². The van der Waals surface area contributed by atoms with Crippen molar-refractivity contribution in [1.82, 2.24) is 9.47 Å².